The number of hydrogen-bond acceptors (Lipinski definition) is 4. The van der Waals surface area contributed by atoms with E-state index in [1.807, 2.05) is 0 Å². The molecule has 0 spiro atoms. The van der Waals surface area contributed by atoms with Crippen molar-refractivity contribution in [2.75, 3.05) is 0 Å². The van der Waals surface area contributed by atoms with Gasteiger partial charge in [-0.1, -0.05) is 6.07 Å². The third-order valence-corrected chi connectivity index (χ3v) is 4.17. The molecule has 0 aliphatic carbocycles. The predicted octanol–water partition coefficient (Wildman–Crippen LogP) is 2.46. The van der Waals surface area contributed by atoms with E-state index < -0.39 is 14.3 Å². The summed E-state index contributed by atoms with van der Waals surface area (Å²) in [6.07, 6.45) is 1.31. The van der Waals surface area contributed by atoms with Crippen LogP contribution in [0.3, 0.4) is 0 Å². The molecule has 0 saturated heterocycles. The van der Waals surface area contributed by atoms with Gasteiger partial charge in [-0.2, -0.15) is 0 Å². The Balaban J connectivity index is 2.53. The molecule has 0 bridgehead atoms. The van der Waals surface area contributed by atoms with E-state index in [1.54, 1.807) is 18.2 Å². The van der Waals surface area contributed by atoms with E-state index in [1.165, 1.54) is 13.3 Å². The summed E-state index contributed by atoms with van der Waals surface area (Å²) >= 11 is 0. The van der Waals surface area contributed by atoms with Crippen molar-refractivity contribution in [2.24, 2.45) is 0 Å². The lowest BCUT2D eigenvalue weighted by atomic mass is 10.1. The molecule has 0 saturated carbocycles. The van der Waals surface area contributed by atoms with Crippen LogP contribution in [-0.4, -0.2) is 13.4 Å². The van der Waals surface area contributed by atoms with Crippen molar-refractivity contribution >= 4 is 30.8 Å². The van der Waals surface area contributed by atoms with Crippen LogP contribution < -0.4 is 0 Å². The van der Waals surface area contributed by atoms with Crippen LogP contribution in [0.1, 0.15) is 17.7 Å². The van der Waals surface area contributed by atoms with E-state index in [4.69, 9.17) is 15.1 Å². The van der Waals surface area contributed by atoms with Gasteiger partial charge in [-0.15, -0.1) is 0 Å². The first kappa shape index (κ1) is 10.4. The van der Waals surface area contributed by atoms with Crippen molar-refractivity contribution in [2.45, 2.75) is 12.2 Å². The normalized spacial score (nSPS) is 14.3. The Morgan fingerprint density at radius 1 is 1.47 bits per heavy atom. The maximum Gasteiger partial charge on any atom is 0.239 e. The Labute approximate surface area is 91.3 Å². The summed E-state index contributed by atoms with van der Waals surface area (Å²) in [4.78, 5) is 3.93. The molecule has 1 atom stereocenters. The second-order valence-electron chi connectivity index (χ2n) is 3.20. The van der Waals surface area contributed by atoms with Gasteiger partial charge in [0.25, 0.3) is 0 Å². The highest BCUT2D eigenvalue weighted by atomic mass is 35.7. The van der Waals surface area contributed by atoms with E-state index in [2.05, 4.69) is 4.98 Å². The van der Waals surface area contributed by atoms with Crippen LogP contribution in [-0.2, 0) is 9.05 Å². The smallest absolute Gasteiger partial charge is 0.239 e. The van der Waals surface area contributed by atoms with E-state index in [0.717, 1.165) is 0 Å². The maximum absolute atomic E-state index is 11.1. The van der Waals surface area contributed by atoms with Crippen LogP contribution in [0.15, 0.2) is 29.0 Å². The summed E-state index contributed by atoms with van der Waals surface area (Å²) in [5.74, 6) is 0. The minimum atomic E-state index is -3.60. The molecule has 1 aromatic carbocycles. The lowest BCUT2D eigenvalue weighted by Crippen LogP contribution is -2.02. The Hall–Kier alpha value is -1.07. The quantitative estimate of drug-likeness (QED) is 0.763. The number of hydrogen-bond donors (Lipinski definition) is 0. The second-order valence-corrected chi connectivity index (χ2v) is 6.15. The largest absolute Gasteiger partial charge is 0.443 e. The summed E-state index contributed by atoms with van der Waals surface area (Å²) in [7, 11) is 1.67. The van der Waals surface area contributed by atoms with Gasteiger partial charge in [0, 0.05) is 10.7 Å². The molecule has 0 fully saturated rings. The highest BCUT2D eigenvalue weighted by molar-refractivity contribution is 8.13. The van der Waals surface area contributed by atoms with E-state index in [0.29, 0.717) is 16.7 Å². The van der Waals surface area contributed by atoms with Gasteiger partial charge in [-0.05, 0) is 24.6 Å². The van der Waals surface area contributed by atoms with Gasteiger partial charge < -0.3 is 4.42 Å². The van der Waals surface area contributed by atoms with Crippen molar-refractivity contribution in [1.29, 1.82) is 0 Å². The summed E-state index contributed by atoms with van der Waals surface area (Å²) in [5.41, 5.74) is 1.84. The Bertz CT molecular complexity index is 590. The molecule has 0 radical (unpaired) electrons. The van der Waals surface area contributed by atoms with Crippen LogP contribution in [0.25, 0.3) is 11.1 Å². The monoisotopic (exact) mass is 245 g/mol. The fraction of sp³-hybridized carbons (Fsp3) is 0.222. The molecule has 0 amide bonds. The molecule has 0 N–H and O–H groups in total. The number of nitrogens with zero attached hydrogens (tertiary/aromatic N) is 1. The molecule has 4 nitrogen and oxygen atoms in total. The third kappa shape index (κ3) is 1.98. The van der Waals surface area contributed by atoms with Crippen LogP contribution >= 0.6 is 10.7 Å². The molecule has 1 unspecified atom stereocenters. The molecular weight excluding hydrogens is 238 g/mol. The average Bonchev–Trinajstić information content (AvgIpc) is 2.61. The van der Waals surface area contributed by atoms with Crippen LogP contribution in [0.5, 0.6) is 0 Å². The minimum absolute atomic E-state index is 0.555. The van der Waals surface area contributed by atoms with Gasteiger partial charge in [-0.25, -0.2) is 13.4 Å². The van der Waals surface area contributed by atoms with Crippen molar-refractivity contribution in [3.63, 3.8) is 0 Å². The van der Waals surface area contributed by atoms with Crippen LogP contribution in [0.2, 0.25) is 0 Å². The average molecular weight is 246 g/mol. The Morgan fingerprint density at radius 3 is 2.87 bits per heavy atom. The van der Waals surface area contributed by atoms with Crippen molar-refractivity contribution in [1.82, 2.24) is 4.98 Å². The molecular formula is C9H8ClNO3S. The first-order chi connectivity index (χ1) is 6.98. The second kappa shape index (κ2) is 3.50. The molecule has 0 aliphatic rings. The van der Waals surface area contributed by atoms with E-state index >= 15 is 0 Å². The Kier molecular flexibility index (Phi) is 2.44. The van der Waals surface area contributed by atoms with E-state index in [9.17, 15) is 8.42 Å². The molecule has 2 aromatic rings. The Morgan fingerprint density at radius 2 is 2.20 bits per heavy atom. The minimum Gasteiger partial charge on any atom is -0.443 e. The van der Waals surface area contributed by atoms with Crippen molar-refractivity contribution in [3.05, 3.63) is 30.2 Å². The molecule has 0 aliphatic heterocycles. The third-order valence-electron chi connectivity index (χ3n) is 2.25. The number of halogens is 1. The number of aromatic nitrogens is 1. The topological polar surface area (TPSA) is 60.2 Å². The molecule has 15 heavy (non-hydrogen) atoms. The summed E-state index contributed by atoms with van der Waals surface area (Å²) in [5, 5.41) is -0.756. The summed E-state index contributed by atoms with van der Waals surface area (Å²) in [6, 6.07) is 5.01. The number of fused-ring (bicyclic) bond motifs is 1. The van der Waals surface area contributed by atoms with E-state index in [-0.39, 0.29) is 0 Å². The van der Waals surface area contributed by atoms with Gasteiger partial charge >= 0.3 is 0 Å². The van der Waals surface area contributed by atoms with Crippen molar-refractivity contribution < 1.29 is 12.8 Å². The molecule has 1 aromatic heterocycles. The molecule has 2 rings (SSSR count). The zero-order valence-electron chi connectivity index (χ0n) is 7.84. The van der Waals surface area contributed by atoms with Gasteiger partial charge in [0.05, 0.1) is 5.25 Å². The predicted molar refractivity (Wildman–Crippen MR) is 57.2 cm³/mol. The van der Waals surface area contributed by atoms with Gasteiger partial charge in [0.1, 0.15) is 5.52 Å². The zero-order chi connectivity index (χ0) is 11.1. The lowest BCUT2D eigenvalue weighted by molar-refractivity contribution is 0.598. The van der Waals surface area contributed by atoms with Gasteiger partial charge in [0.2, 0.25) is 9.05 Å². The first-order valence-electron chi connectivity index (χ1n) is 4.25. The number of oxazole rings is 1. The first-order valence-corrected chi connectivity index (χ1v) is 6.62. The SMILES string of the molecule is CC(c1ccc2ncoc2c1)S(=O)(=O)Cl. The highest BCUT2D eigenvalue weighted by Gasteiger charge is 2.20. The molecule has 6 heteroatoms. The lowest BCUT2D eigenvalue weighted by Gasteiger charge is -2.06. The van der Waals surface area contributed by atoms with Gasteiger partial charge in [0.15, 0.2) is 12.0 Å². The molecule has 1 heterocycles. The number of rotatable bonds is 2. The fourth-order valence-corrected chi connectivity index (χ4v) is 2.07. The summed E-state index contributed by atoms with van der Waals surface area (Å²) < 4.78 is 27.3. The van der Waals surface area contributed by atoms with Crippen molar-refractivity contribution in [3.8, 4) is 0 Å². The highest BCUT2D eigenvalue weighted by Crippen LogP contribution is 2.27. The van der Waals surface area contributed by atoms with Crippen LogP contribution in [0.4, 0.5) is 0 Å². The molecule has 80 valence electrons. The van der Waals surface area contributed by atoms with Gasteiger partial charge in [-0.3, -0.25) is 0 Å². The maximum atomic E-state index is 11.1. The number of benzene rings is 1. The summed E-state index contributed by atoms with van der Waals surface area (Å²) in [6.45, 7) is 1.53. The van der Waals surface area contributed by atoms with Crippen LogP contribution in [0, 0.1) is 0 Å². The standard InChI is InChI=1S/C9H8ClNO3S/c1-6(15(10,12)13)7-2-3-8-9(4-7)14-5-11-8/h2-6H,1H3. The fourth-order valence-electron chi connectivity index (χ4n) is 1.29. The zero-order valence-corrected chi connectivity index (χ0v) is 9.42.